The highest BCUT2D eigenvalue weighted by atomic mass is 16.5. The predicted molar refractivity (Wildman–Crippen MR) is 93.2 cm³/mol. The summed E-state index contributed by atoms with van der Waals surface area (Å²) in [5.41, 5.74) is 5.10. The maximum absolute atomic E-state index is 12.4. The Morgan fingerprint density at radius 1 is 1.04 bits per heavy atom. The minimum absolute atomic E-state index is 0.0342. The van der Waals surface area contributed by atoms with Gasteiger partial charge in [-0.3, -0.25) is 25.2 Å². The number of hydrogen-bond donors (Lipinski definition) is 3. The summed E-state index contributed by atoms with van der Waals surface area (Å²) in [5.74, 6) is -2.88. The number of carbonyl (C=O) groups is 3. The van der Waals surface area contributed by atoms with E-state index in [2.05, 4.69) is 10.9 Å². The number of rotatable bonds is 5. The Labute approximate surface area is 151 Å². The van der Waals surface area contributed by atoms with Crippen LogP contribution in [0, 0.1) is 23.7 Å². The molecule has 2 bridgehead atoms. The molecule has 0 aliphatic heterocycles. The number of ether oxygens (including phenoxy) is 1. The van der Waals surface area contributed by atoms with Crippen LogP contribution in [0.5, 0.6) is 5.75 Å². The van der Waals surface area contributed by atoms with Gasteiger partial charge >= 0.3 is 5.97 Å². The summed E-state index contributed by atoms with van der Waals surface area (Å²) in [6.45, 7) is 3.82. The van der Waals surface area contributed by atoms with Crippen molar-refractivity contribution >= 4 is 17.8 Å². The molecule has 2 aliphatic rings. The third-order valence-corrected chi connectivity index (χ3v) is 4.83. The number of fused-ring (bicyclic) bond motifs is 2. The zero-order valence-electron chi connectivity index (χ0n) is 14.6. The van der Waals surface area contributed by atoms with Gasteiger partial charge < -0.3 is 9.84 Å². The maximum atomic E-state index is 12.4. The lowest BCUT2D eigenvalue weighted by atomic mass is 9.82. The van der Waals surface area contributed by atoms with E-state index in [1.807, 2.05) is 26.0 Å². The van der Waals surface area contributed by atoms with Gasteiger partial charge in [-0.1, -0.05) is 12.2 Å². The fourth-order valence-corrected chi connectivity index (χ4v) is 3.75. The molecule has 1 fully saturated rings. The standard InChI is InChI=1S/C19H22N2O5/c1-10(2)26-14-7-5-11(6-8-14)17(22)20-21-18(23)15-12-3-4-13(9-12)16(15)19(24)25/h3-8,10,12-13,15-16H,9H2,1-2H3,(H,20,22)(H,21,23)(H,24,25)/t12-,13-,15-,16-/m0/s1. The second kappa shape index (κ2) is 7.19. The number of carbonyl (C=O) groups excluding carboxylic acids is 2. The van der Waals surface area contributed by atoms with E-state index in [0.717, 1.165) is 0 Å². The smallest absolute Gasteiger partial charge is 0.307 e. The van der Waals surface area contributed by atoms with Gasteiger partial charge in [-0.25, -0.2) is 0 Å². The lowest BCUT2D eigenvalue weighted by molar-refractivity contribution is -0.148. The minimum atomic E-state index is -0.978. The summed E-state index contributed by atoms with van der Waals surface area (Å²) >= 11 is 0. The van der Waals surface area contributed by atoms with Gasteiger partial charge in [-0.15, -0.1) is 0 Å². The van der Waals surface area contributed by atoms with Crippen molar-refractivity contribution in [2.45, 2.75) is 26.4 Å². The Kier molecular flexibility index (Phi) is 4.97. The minimum Gasteiger partial charge on any atom is -0.491 e. The lowest BCUT2D eigenvalue weighted by Crippen LogP contribution is -2.48. The zero-order chi connectivity index (χ0) is 18.8. The molecule has 4 atom stereocenters. The average molecular weight is 358 g/mol. The second-order valence-corrected chi connectivity index (χ2v) is 6.97. The van der Waals surface area contributed by atoms with Crippen LogP contribution in [-0.2, 0) is 9.59 Å². The molecule has 1 saturated carbocycles. The number of benzene rings is 1. The number of allylic oxidation sites excluding steroid dienone is 2. The fourth-order valence-electron chi connectivity index (χ4n) is 3.75. The molecule has 0 aromatic heterocycles. The number of amides is 2. The van der Waals surface area contributed by atoms with Gasteiger partial charge in [0.25, 0.3) is 5.91 Å². The van der Waals surface area contributed by atoms with Crippen LogP contribution in [0.25, 0.3) is 0 Å². The Bertz CT molecular complexity index is 741. The van der Waals surface area contributed by atoms with E-state index < -0.39 is 29.6 Å². The second-order valence-electron chi connectivity index (χ2n) is 6.97. The van der Waals surface area contributed by atoms with Crippen LogP contribution in [0.4, 0.5) is 0 Å². The Morgan fingerprint density at radius 2 is 1.65 bits per heavy atom. The number of hydrogen-bond acceptors (Lipinski definition) is 4. The van der Waals surface area contributed by atoms with Crippen molar-refractivity contribution in [1.29, 1.82) is 0 Å². The summed E-state index contributed by atoms with van der Waals surface area (Å²) in [6.07, 6.45) is 4.46. The molecule has 0 radical (unpaired) electrons. The van der Waals surface area contributed by atoms with E-state index >= 15 is 0 Å². The van der Waals surface area contributed by atoms with E-state index in [1.54, 1.807) is 24.3 Å². The molecule has 0 heterocycles. The highest BCUT2D eigenvalue weighted by Gasteiger charge is 2.51. The largest absolute Gasteiger partial charge is 0.491 e. The molecule has 0 spiro atoms. The van der Waals surface area contributed by atoms with Gasteiger partial charge in [0, 0.05) is 5.56 Å². The van der Waals surface area contributed by atoms with Crippen LogP contribution < -0.4 is 15.6 Å². The Morgan fingerprint density at radius 3 is 2.23 bits per heavy atom. The molecule has 2 aliphatic carbocycles. The number of nitrogens with one attached hydrogen (secondary N) is 2. The van der Waals surface area contributed by atoms with Gasteiger partial charge in [0.1, 0.15) is 5.75 Å². The first-order chi connectivity index (χ1) is 12.4. The van der Waals surface area contributed by atoms with Crippen LogP contribution in [-0.4, -0.2) is 29.0 Å². The molecule has 1 aromatic rings. The summed E-state index contributed by atoms with van der Waals surface area (Å²) in [4.78, 5) is 36.1. The van der Waals surface area contributed by atoms with E-state index in [1.165, 1.54) is 0 Å². The third-order valence-electron chi connectivity index (χ3n) is 4.83. The SMILES string of the molecule is CC(C)Oc1ccc(C(=O)NNC(=O)[C@@H]2[C@@H](C(=O)O)[C@H]3C=C[C@H]2C3)cc1. The van der Waals surface area contributed by atoms with Gasteiger partial charge in [-0.05, 0) is 56.4 Å². The quantitative estimate of drug-likeness (QED) is 0.549. The van der Waals surface area contributed by atoms with Crippen molar-refractivity contribution in [1.82, 2.24) is 10.9 Å². The first-order valence-electron chi connectivity index (χ1n) is 8.65. The number of aliphatic carboxylic acids is 1. The molecule has 26 heavy (non-hydrogen) atoms. The molecule has 7 nitrogen and oxygen atoms in total. The third kappa shape index (κ3) is 3.56. The lowest BCUT2D eigenvalue weighted by Gasteiger charge is -2.23. The summed E-state index contributed by atoms with van der Waals surface area (Å²) in [5, 5.41) is 9.39. The Hall–Kier alpha value is -2.83. The summed E-state index contributed by atoms with van der Waals surface area (Å²) < 4.78 is 5.51. The molecular formula is C19H22N2O5. The van der Waals surface area contributed by atoms with E-state index in [4.69, 9.17) is 4.74 Å². The summed E-state index contributed by atoms with van der Waals surface area (Å²) in [7, 11) is 0. The molecule has 0 saturated heterocycles. The highest BCUT2D eigenvalue weighted by molar-refractivity contribution is 5.96. The van der Waals surface area contributed by atoms with Crippen LogP contribution in [0.1, 0.15) is 30.6 Å². The van der Waals surface area contributed by atoms with Crippen LogP contribution >= 0.6 is 0 Å². The van der Waals surface area contributed by atoms with Gasteiger partial charge in [0.15, 0.2) is 0 Å². The van der Waals surface area contributed by atoms with Crippen LogP contribution in [0.15, 0.2) is 36.4 Å². The molecule has 7 heteroatoms. The monoisotopic (exact) mass is 358 g/mol. The first kappa shape index (κ1) is 18.0. The molecule has 1 aromatic carbocycles. The van der Waals surface area contributed by atoms with Gasteiger partial charge in [0.2, 0.25) is 5.91 Å². The van der Waals surface area contributed by atoms with Crippen molar-refractivity contribution < 1.29 is 24.2 Å². The van der Waals surface area contributed by atoms with Crippen molar-refractivity contribution in [3.63, 3.8) is 0 Å². The van der Waals surface area contributed by atoms with Crippen molar-refractivity contribution in [3.8, 4) is 5.75 Å². The molecule has 0 unspecified atom stereocenters. The maximum Gasteiger partial charge on any atom is 0.307 e. The van der Waals surface area contributed by atoms with E-state index in [9.17, 15) is 19.5 Å². The van der Waals surface area contributed by atoms with Crippen LogP contribution in [0.2, 0.25) is 0 Å². The van der Waals surface area contributed by atoms with E-state index in [0.29, 0.717) is 17.7 Å². The van der Waals surface area contributed by atoms with Crippen molar-refractivity contribution in [3.05, 3.63) is 42.0 Å². The Balaban J connectivity index is 1.58. The molecule has 138 valence electrons. The molecule has 3 N–H and O–H groups in total. The number of carboxylic acid groups (broad SMARTS) is 1. The van der Waals surface area contributed by atoms with Gasteiger partial charge in [-0.2, -0.15) is 0 Å². The first-order valence-corrected chi connectivity index (χ1v) is 8.65. The van der Waals surface area contributed by atoms with E-state index in [-0.39, 0.29) is 17.9 Å². The van der Waals surface area contributed by atoms with Gasteiger partial charge in [0.05, 0.1) is 17.9 Å². The van der Waals surface area contributed by atoms with Crippen LogP contribution in [0.3, 0.4) is 0 Å². The number of carboxylic acids is 1. The molecular weight excluding hydrogens is 336 g/mol. The predicted octanol–water partition coefficient (Wildman–Crippen LogP) is 1.76. The molecule has 2 amide bonds. The average Bonchev–Trinajstić information content (AvgIpc) is 3.20. The summed E-state index contributed by atoms with van der Waals surface area (Å²) in [6, 6.07) is 6.55. The normalized spacial score (nSPS) is 26.0. The zero-order valence-corrected chi connectivity index (χ0v) is 14.6. The highest BCUT2D eigenvalue weighted by Crippen LogP contribution is 2.48. The molecule has 3 rings (SSSR count). The van der Waals surface area contributed by atoms with Crippen molar-refractivity contribution in [2.75, 3.05) is 0 Å². The number of hydrazine groups is 1. The fraction of sp³-hybridized carbons (Fsp3) is 0.421. The van der Waals surface area contributed by atoms with Crippen molar-refractivity contribution in [2.24, 2.45) is 23.7 Å². The topological polar surface area (TPSA) is 105 Å².